The minimum absolute atomic E-state index is 0.0502. The van der Waals surface area contributed by atoms with Gasteiger partial charge in [-0.25, -0.2) is 14.3 Å². The molecule has 1 saturated carbocycles. The van der Waals surface area contributed by atoms with Gasteiger partial charge in [0.2, 0.25) is 0 Å². The molecule has 0 aliphatic heterocycles. The molecule has 0 saturated heterocycles. The quantitative estimate of drug-likeness (QED) is 0.554. The van der Waals surface area contributed by atoms with E-state index in [1.165, 1.54) is 32.1 Å². The molecule has 0 bridgehead atoms. The highest BCUT2D eigenvalue weighted by Crippen LogP contribution is 2.27. The maximum absolute atomic E-state index is 13.3. The van der Waals surface area contributed by atoms with Crippen molar-refractivity contribution in [2.24, 2.45) is 5.92 Å². The lowest BCUT2D eigenvalue weighted by Gasteiger charge is -2.20. The second kappa shape index (κ2) is 9.38. The predicted octanol–water partition coefficient (Wildman–Crippen LogP) is 5.34. The summed E-state index contributed by atoms with van der Waals surface area (Å²) in [5.74, 6) is 0.381. The van der Waals surface area contributed by atoms with Crippen LogP contribution in [-0.4, -0.2) is 25.4 Å². The summed E-state index contributed by atoms with van der Waals surface area (Å²) in [4.78, 5) is 24.9. The number of aromatic nitrogens is 3. The first-order chi connectivity index (χ1) is 15.7. The van der Waals surface area contributed by atoms with E-state index >= 15 is 0 Å². The fraction of sp³-hybridized carbons (Fsp3) is 0.444. The van der Waals surface area contributed by atoms with E-state index in [0.717, 1.165) is 17.0 Å². The minimum Gasteiger partial charge on any atom is -0.478 e. The average molecular weight is 448 g/mol. The topological polar surface area (TPSA) is 77.1 Å². The molecule has 33 heavy (non-hydrogen) atoms. The summed E-state index contributed by atoms with van der Waals surface area (Å²) in [6.07, 6.45) is 6.11. The van der Waals surface area contributed by atoms with Gasteiger partial charge in [0.25, 0.3) is 0 Å². The number of carboxylic acids is 1. The summed E-state index contributed by atoms with van der Waals surface area (Å²) in [6, 6.07) is 14.8. The molecule has 1 N–H and O–H groups in total. The molecule has 174 valence electrons. The highest BCUT2D eigenvalue weighted by Gasteiger charge is 2.26. The average Bonchev–Trinajstić information content (AvgIpc) is 3.10. The Morgan fingerprint density at radius 3 is 2.33 bits per heavy atom. The van der Waals surface area contributed by atoms with Crippen molar-refractivity contribution in [3.8, 4) is 11.1 Å². The monoisotopic (exact) mass is 447 g/mol. The highest BCUT2D eigenvalue weighted by atomic mass is 16.4. The van der Waals surface area contributed by atoms with Gasteiger partial charge in [0.15, 0.2) is 0 Å². The van der Waals surface area contributed by atoms with Crippen LogP contribution in [0.2, 0.25) is 0 Å². The number of carboxylic acid groups (broad SMARTS) is 1. The molecule has 1 fully saturated rings. The van der Waals surface area contributed by atoms with Crippen LogP contribution in [0.25, 0.3) is 11.1 Å². The Hall–Kier alpha value is -3.15. The van der Waals surface area contributed by atoms with Gasteiger partial charge in [0.05, 0.1) is 12.1 Å². The maximum atomic E-state index is 13.3. The molecule has 0 unspecified atom stereocenters. The third kappa shape index (κ3) is 5.10. The lowest BCUT2D eigenvalue weighted by atomic mass is 9.89. The van der Waals surface area contributed by atoms with Gasteiger partial charge in [0.1, 0.15) is 5.82 Å². The number of carbonyl (C=O) groups is 1. The minimum atomic E-state index is -0.943. The van der Waals surface area contributed by atoms with E-state index < -0.39 is 5.97 Å². The molecule has 3 aromatic rings. The summed E-state index contributed by atoms with van der Waals surface area (Å²) >= 11 is 0. The van der Waals surface area contributed by atoms with Crippen LogP contribution in [0.4, 0.5) is 0 Å². The Bertz CT molecular complexity index is 1180. The standard InChI is InChI=1S/C27H33N3O3/c1-27(2,3)25-28-30(18-19-9-5-4-6-10-19)26(33)29(25)17-20-13-15-21(16-14-20)22-11-7-8-12-23(22)24(31)32/h7-8,11-16,19H,4-6,9-10,17-18H2,1-3H3,(H,31,32). The van der Waals surface area contributed by atoms with Crippen LogP contribution in [0.15, 0.2) is 53.3 Å². The van der Waals surface area contributed by atoms with Gasteiger partial charge in [-0.15, -0.1) is 0 Å². The summed E-state index contributed by atoms with van der Waals surface area (Å²) in [5, 5.41) is 14.3. The lowest BCUT2D eigenvalue weighted by Crippen LogP contribution is -2.30. The number of benzene rings is 2. The molecule has 0 atom stereocenters. The van der Waals surface area contributed by atoms with Crippen LogP contribution < -0.4 is 5.69 Å². The number of hydrogen-bond donors (Lipinski definition) is 1. The molecular formula is C27H33N3O3. The smallest absolute Gasteiger partial charge is 0.346 e. The van der Waals surface area contributed by atoms with Gasteiger partial charge < -0.3 is 5.11 Å². The fourth-order valence-electron chi connectivity index (χ4n) is 4.77. The number of aromatic carboxylic acids is 1. The molecule has 2 aromatic carbocycles. The zero-order chi connectivity index (χ0) is 23.6. The SMILES string of the molecule is CC(C)(C)c1nn(CC2CCCCC2)c(=O)n1Cc1ccc(-c2ccccc2C(=O)O)cc1. The van der Waals surface area contributed by atoms with Crippen molar-refractivity contribution in [3.05, 3.63) is 76.0 Å². The summed E-state index contributed by atoms with van der Waals surface area (Å²) in [6.45, 7) is 7.39. The van der Waals surface area contributed by atoms with E-state index in [0.29, 0.717) is 24.6 Å². The summed E-state index contributed by atoms with van der Waals surface area (Å²) in [5.41, 5.74) is 2.48. The van der Waals surface area contributed by atoms with Crippen molar-refractivity contribution >= 4 is 5.97 Å². The highest BCUT2D eigenvalue weighted by molar-refractivity contribution is 5.95. The van der Waals surface area contributed by atoms with E-state index in [1.807, 2.05) is 36.4 Å². The van der Waals surface area contributed by atoms with Crippen molar-refractivity contribution in [2.75, 3.05) is 0 Å². The van der Waals surface area contributed by atoms with E-state index in [2.05, 4.69) is 20.8 Å². The molecule has 1 aliphatic rings. The predicted molar refractivity (Wildman–Crippen MR) is 130 cm³/mol. The van der Waals surface area contributed by atoms with Crippen molar-refractivity contribution in [1.82, 2.24) is 14.3 Å². The Balaban J connectivity index is 1.62. The Kier molecular flexibility index (Phi) is 6.54. The summed E-state index contributed by atoms with van der Waals surface area (Å²) in [7, 11) is 0. The number of hydrogen-bond acceptors (Lipinski definition) is 3. The Morgan fingerprint density at radius 2 is 1.70 bits per heavy atom. The molecule has 0 spiro atoms. The lowest BCUT2D eigenvalue weighted by molar-refractivity contribution is 0.0697. The Labute approximate surface area is 194 Å². The van der Waals surface area contributed by atoms with Gasteiger partial charge >= 0.3 is 11.7 Å². The van der Waals surface area contributed by atoms with Crippen molar-refractivity contribution in [1.29, 1.82) is 0 Å². The molecule has 0 radical (unpaired) electrons. The van der Waals surface area contributed by atoms with Gasteiger partial charge in [-0.05, 0) is 41.5 Å². The first-order valence-electron chi connectivity index (χ1n) is 11.8. The fourth-order valence-corrected chi connectivity index (χ4v) is 4.77. The largest absolute Gasteiger partial charge is 0.478 e. The van der Waals surface area contributed by atoms with E-state index in [9.17, 15) is 14.7 Å². The third-order valence-corrected chi connectivity index (χ3v) is 6.51. The van der Waals surface area contributed by atoms with Crippen molar-refractivity contribution < 1.29 is 9.90 Å². The zero-order valence-corrected chi connectivity index (χ0v) is 19.8. The number of rotatable bonds is 6. The zero-order valence-electron chi connectivity index (χ0n) is 19.8. The molecular weight excluding hydrogens is 414 g/mol. The van der Waals surface area contributed by atoms with Crippen LogP contribution in [0.3, 0.4) is 0 Å². The molecule has 6 nitrogen and oxygen atoms in total. The summed E-state index contributed by atoms with van der Waals surface area (Å²) < 4.78 is 3.47. The van der Waals surface area contributed by atoms with Crippen LogP contribution in [-0.2, 0) is 18.5 Å². The van der Waals surface area contributed by atoms with E-state index in [1.54, 1.807) is 21.4 Å². The second-order valence-corrected chi connectivity index (χ2v) is 10.2. The first-order valence-corrected chi connectivity index (χ1v) is 11.8. The molecule has 1 aliphatic carbocycles. The van der Waals surface area contributed by atoms with Gasteiger partial charge in [-0.3, -0.25) is 4.57 Å². The normalized spacial score (nSPS) is 15.0. The Morgan fingerprint density at radius 1 is 1.03 bits per heavy atom. The first kappa shape index (κ1) is 23.0. The van der Waals surface area contributed by atoms with Gasteiger partial charge in [0, 0.05) is 12.0 Å². The van der Waals surface area contributed by atoms with Crippen LogP contribution in [0.5, 0.6) is 0 Å². The molecule has 4 rings (SSSR count). The van der Waals surface area contributed by atoms with Crippen LogP contribution in [0.1, 0.15) is 74.6 Å². The molecule has 0 amide bonds. The van der Waals surface area contributed by atoms with Crippen LogP contribution >= 0.6 is 0 Å². The third-order valence-electron chi connectivity index (χ3n) is 6.51. The van der Waals surface area contributed by atoms with E-state index in [-0.39, 0.29) is 16.7 Å². The van der Waals surface area contributed by atoms with E-state index in [4.69, 9.17) is 5.10 Å². The molecule has 1 aromatic heterocycles. The van der Waals surface area contributed by atoms with Gasteiger partial charge in [-0.1, -0.05) is 82.5 Å². The van der Waals surface area contributed by atoms with Crippen molar-refractivity contribution in [3.63, 3.8) is 0 Å². The molecule has 6 heteroatoms. The van der Waals surface area contributed by atoms with Crippen LogP contribution in [0, 0.1) is 5.92 Å². The van der Waals surface area contributed by atoms with Crippen molar-refractivity contribution in [2.45, 2.75) is 71.4 Å². The van der Waals surface area contributed by atoms with Gasteiger partial charge in [-0.2, -0.15) is 5.10 Å². The number of nitrogens with zero attached hydrogens (tertiary/aromatic N) is 3. The molecule has 1 heterocycles. The second-order valence-electron chi connectivity index (χ2n) is 10.2. The maximum Gasteiger partial charge on any atom is 0.346 e.